The van der Waals surface area contributed by atoms with Crippen molar-refractivity contribution in [1.29, 1.82) is 0 Å². The summed E-state index contributed by atoms with van der Waals surface area (Å²) < 4.78 is 31.7. The van der Waals surface area contributed by atoms with Crippen molar-refractivity contribution >= 4 is 22.6 Å². The highest BCUT2D eigenvalue weighted by atomic mass is 32.2. The van der Waals surface area contributed by atoms with Gasteiger partial charge in [-0.2, -0.15) is 0 Å². The minimum Gasteiger partial charge on any atom is -0.493 e. The van der Waals surface area contributed by atoms with E-state index in [9.17, 15) is 8.78 Å². The maximum absolute atomic E-state index is 13.2. The number of amidine groups is 1. The van der Waals surface area contributed by atoms with E-state index >= 15 is 0 Å². The fraction of sp³-hybridized carbons (Fsp3) is 0.480. The number of aryl methyl sites for hydroxylation is 1. The number of aliphatic imine (C=N–C) groups is 1. The third-order valence-corrected chi connectivity index (χ3v) is 6.62. The standard InChI is InChI=1S/C25H33F2N3OS/c1-19-6-8-20(9-7-19)28-25(32-3)29(2)21-12-15-30(16-13-21)14-4-5-17-31-22-10-11-23(26)24(27)18-22/h6-11,18,21H,4-5,12-17H2,1-3H3. The van der Waals surface area contributed by atoms with E-state index in [4.69, 9.17) is 9.73 Å². The predicted molar refractivity (Wildman–Crippen MR) is 130 cm³/mol. The molecular weight excluding hydrogens is 428 g/mol. The Morgan fingerprint density at radius 2 is 1.81 bits per heavy atom. The highest BCUT2D eigenvalue weighted by Crippen LogP contribution is 2.22. The van der Waals surface area contributed by atoms with Gasteiger partial charge in [0.1, 0.15) is 5.75 Å². The molecule has 0 spiro atoms. The van der Waals surface area contributed by atoms with E-state index in [0.29, 0.717) is 18.4 Å². The van der Waals surface area contributed by atoms with E-state index in [1.54, 1.807) is 11.8 Å². The molecule has 3 rings (SSSR count). The highest BCUT2D eigenvalue weighted by Gasteiger charge is 2.24. The molecule has 1 aliphatic rings. The number of benzene rings is 2. The molecule has 2 aromatic rings. The number of ether oxygens (including phenoxy) is 1. The quantitative estimate of drug-likeness (QED) is 0.279. The van der Waals surface area contributed by atoms with Crippen LogP contribution in [-0.2, 0) is 0 Å². The summed E-state index contributed by atoms with van der Waals surface area (Å²) in [5.41, 5.74) is 2.24. The van der Waals surface area contributed by atoms with Gasteiger partial charge in [0.25, 0.3) is 0 Å². The third kappa shape index (κ3) is 7.20. The van der Waals surface area contributed by atoms with Crippen LogP contribution in [0.3, 0.4) is 0 Å². The Kier molecular flexibility index (Phi) is 9.36. The Morgan fingerprint density at radius 3 is 2.47 bits per heavy atom. The molecule has 32 heavy (non-hydrogen) atoms. The van der Waals surface area contributed by atoms with Crippen LogP contribution in [0, 0.1) is 18.6 Å². The van der Waals surface area contributed by atoms with Crippen molar-refractivity contribution in [3.8, 4) is 5.75 Å². The monoisotopic (exact) mass is 461 g/mol. The average Bonchev–Trinajstić information content (AvgIpc) is 2.80. The highest BCUT2D eigenvalue weighted by molar-refractivity contribution is 8.13. The zero-order chi connectivity index (χ0) is 22.9. The lowest BCUT2D eigenvalue weighted by atomic mass is 10.0. The number of likely N-dealkylation sites (tertiary alicyclic amines) is 1. The number of halogens is 2. The first kappa shape index (κ1) is 24.5. The smallest absolute Gasteiger partial charge is 0.164 e. The summed E-state index contributed by atoms with van der Waals surface area (Å²) in [5.74, 6) is -1.34. The SMILES string of the molecule is CSC(=Nc1ccc(C)cc1)N(C)C1CCN(CCCCOc2ccc(F)c(F)c2)CC1. The number of rotatable bonds is 8. The summed E-state index contributed by atoms with van der Waals surface area (Å²) in [6.45, 7) is 5.78. The van der Waals surface area contributed by atoms with Gasteiger partial charge in [-0.25, -0.2) is 13.8 Å². The van der Waals surface area contributed by atoms with Crippen molar-refractivity contribution in [3.63, 3.8) is 0 Å². The molecule has 0 bridgehead atoms. The van der Waals surface area contributed by atoms with E-state index in [-0.39, 0.29) is 0 Å². The fourth-order valence-electron chi connectivity index (χ4n) is 3.88. The fourth-order valence-corrected chi connectivity index (χ4v) is 4.51. The second-order valence-electron chi connectivity index (χ2n) is 8.25. The van der Waals surface area contributed by atoms with Gasteiger partial charge in [0, 0.05) is 32.2 Å². The summed E-state index contributed by atoms with van der Waals surface area (Å²) >= 11 is 1.69. The molecule has 0 N–H and O–H groups in total. The lowest BCUT2D eigenvalue weighted by Crippen LogP contribution is -2.45. The number of piperidine rings is 1. The molecular formula is C25H33F2N3OS. The lowest BCUT2D eigenvalue weighted by molar-refractivity contribution is 0.162. The molecule has 174 valence electrons. The van der Waals surface area contributed by atoms with E-state index < -0.39 is 11.6 Å². The van der Waals surface area contributed by atoms with Gasteiger partial charge in [-0.05, 0) is 69.7 Å². The zero-order valence-corrected chi connectivity index (χ0v) is 20.0. The molecule has 2 aromatic carbocycles. The van der Waals surface area contributed by atoms with Gasteiger partial charge in [-0.1, -0.05) is 29.5 Å². The minimum atomic E-state index is -0.871. The molecule has 1 aliphatic heterocycles. The Bertz CT molecular complexity index is 883. The molecule has 0 atom stereocenters. The van der Waals surface area contributed by atoms with Crippen molar-refractivity contribution in [2.24, 2.45) is 4.99 Å². The zero-order valence-electron chi connectivity index (χ0n) is 19.2. The molecule has 1 fully saturated rings. The molecule has 0 aromatic heterocycles. The van der Waals surface area contributed by atoms with E-state index in [1.807, 2.05) is 0 Å². The first-order valence-electron chi connectivity index (χ1n) is 11.2. The molecule has 7 heteroatoms. The Hall–Kier alpha value is -2.12. The van der Waals surface area contributed by atoms with Gasteiger partial charge in [0.2, 0.25) is 0 Å². The maximum atomic E-state index is 13.2. The largest absolute Gasteiger partial charge is 0.493 e. The summed E-state index contributed by atoms with van der Waals surface area (Å²) in [7, 11) is 2.15. The van der Waals surface area contributed by atoms with Crippen molar-refractivity contribution in [2.75, 3.05) is 39.5 Å². The van der Waals surface area contributed by atoms with Crippen molar-refractivity contribution < 1.29 is 13.5 Å². The first-order valence-corrected chi connectivity index (χ1v) is 12.4. The van der Waals surface area contributed by atoms with Gasteiger partial charge in [0.15, 0.2) is 16.8 Å². The van der Waals surface area contributed by atoms with Crippen molar-refractivity contribution in [2.45, 2.75) is 38.6 Å². The Balaban J connectivity index is 1.37. The topological polar surface area (TPSA) is 28.1 Å². The van der Waals surface area contributed by atoms with Crippen LogP contribution in [0.2, 0.25) is 0 Å². The Labute approximate surface area is 194 Å². The number of nitrogens with zero attached hydrogens (tertiary/aromatic N) is 3. The molecule has 0 aliphatic carbocycles. The normalized spacial score (nSPS) is 15.7. The van der Waals surface area contributed by atoms with Crippen molar-refractivity contribution in [3.05, 3.63) is 59.7 Å². The van der Waals surface area contributed by atoms with Gasteiger partial charge in [0.05, 0.1) is 12.3 Å². The maximum Gasteiger partial charge on any atom is 0.164 e. The summed E-state index contributed by atoms with van der Waals surface area (Å²) in [4.78, 5) is 9.68. The van der Waals surface area contributed by atoms with Crippen LogP contribution in [0.5, 0.6) is 5.75 Å². The second-order valence-corrected chi connectivity index (χ2v) is 9.02. The Morgan fingerprint density at radius 1 is 1.09 bits per heavy atom. The molecule has 4 nitrogen and oxygen atoms in total. The molecule has 0 amide bonds. The van der Waals surface area contributed by atoms with Gasteiger partial charge in [-0.15, -0.1) is 0 Å². The summed E-state index contributed by atoms with van der Waals surface area (Å²) in [6.07, 6.45) is 6.24. The molecule has 0 radical (unpaired) electrons. The van der Waals surface area contributed by atoms with Gasteiger partial charge < -0.3 is 14.5 Å². The van der Waals surface area contributed by atoms with Crippen LogP contribution in [0.1, 0.15) is 31.2 Å². The third-order valence-electron chi connectivity index (χ3n) is 5.88. The van der Waals surface area contributed by atoms with Crippen LogP contribution < -0.4 is 4.74 Å². The van der Waals surface area contributed by atoms with E-state index in [1.165, 1.54) is 11.6 Å². The van der Waals surface area contributed by atoms with Crippen LogP contribution in [0.25, 0.3) is 0 Å². The van der Waals surface area contributed by atoms with Gasteiger partial charge in [-0.3, -0.25) is 0 Å². The summed E-state index contributed by atoms with van der Waals surface area (Å²) in [5, 5.41) is 1.06. The van der Waals surface area contributed by atoms with E-state index in [0.717, 1.165) is 68.3 Å². The second kappa shape index (κ2) is 12.2. The number of hydrogen-bond acceptors (Lipinski definition) is 4. The molecule has 1 saturated heterocycles. The van der Waals surface area contributed by atoms with E-state index in [2.05, 4.69) is 54.3 Å². The minimum absolute atomic E-state index is 0.379. The van der Waals surface area contributed by atoms with Crippen LogP contribution in [-0.4, -0.2) is 60.6 Å². The van der Waals surface area contributed by atoms with Gasteiger partial charge >= 0.3 is 0 Å². The number of hydrogen-bond donors (Lipinski definition) is 0. The van der Waals surface area contributed by atoms with Crippen LogP contribution in [0.4, 0.5) is 14.5 Å². The van der Waals surface area contributed by atoms with Crippen molar-refractivity contribution in [1.82, 2.24) is 9.80 Å². The average molecular weight is 462 g/mol. The van der Waals surface area contributed by atoms with Crippen LogP contribution in [0.15, 0.2) is 47.5 Å². The molecule has 0 unspecified atom stereocenters. The number of thioether (sulfide) groups is 1. The lowest BCUT2D eigenvalue weighted by Gasteiger charge is -2.37. The molecule has 0 saturated carbocycles. The first-order chi connectivity index (χ1) is 15.5. The predicted octanol–water partition coefficient (Wildman–Crippen LogP) is 5.88. The number of unbranched alkanes of at least 4 members (excludes halogenated alkanes) is 1. The summed E-state index contributed by atoms with van der Waals surface area (Å²) in [6, 6.07) is 12.5. The van der Waals surface area contributed by atoms with Crippen LogP contribution >= 0.6 is 11.8 Å². The molecule has 1 heterocycles.